The molecule has 0 aliphatic carbocycles. The number of aliphatic imine (C=N–C) groups is 1. The Bertz CT molecular complexity index is 1600. The summed E-state index contributed by atoms with van der Waals surface area (Å²) in [6.45, 7) is 7.38. The number of aliphatic carboxylic acids is 1. The molecule has 1 saturated heterocycles. The van der Waals surface area contributed by atoms with Crippen molar-refractivity contribution < 1.29 is 43.8 Å². The van der Waals surface area contributed by atoms with Gasteiger partial charge < -0.3 is 69.9 Å². The van der Waals surface area contributed by atoms with Crippen LogP contribution < -0.4 is 49.9 Å². The summed E-state index contributed by atoms with van der Waals surface area (Å²) in [4.78, 5) is 91.0. The Balaban J connectivity index is 2.36. The third kappa shape index (κ3) is 16.3. The molecule has 2 rings (SSSR count). The zero-order chi connectivity index (χ0) is 43.5. The average molecular weight is 819 g/mol. The molecule has 0 bridgehead atoms. The SMILES string of the molecule is CC[C@H](C)[C@H](NC(=O)[C@H](Cc1ccc(O)cc1)NC(=O)[C@@H]1CCCN1C(=O)[C@H](CCON=C(N)N)NC(=O)[C@@H](N)CCCN=C(N)N)C(=O)N[C@@H](CC(C)C)C(=O)O. The molecule has 1 aromatic rings. The van der Waals surface area contributed by atoms with Crippen LogP contribution in [0.2, 0.25) is 0 Å². The van der Waals surface area contributed by atoms with Gasteiger partial charge in [0, 0.05) is 25.9 Å². The molecule has 324 valence electrons. The van der Waals surface area contributed by atoms with Crippen LogP contribution in [0.25, 0.3) is 0 Å². The van der Waals surface area contributed by atoms with Crippen molar-refractivity contribution in [3.8, 4) is 5.75 Å². The van der Waals surface area contributed by atoms with Crippen LogP contribution in [0.4, 0.5) is 0 Å². The number of carbonyl (C=O) groups is 6. The molecule has 1 aliphatic rings. The molecular formula is C37H62N12O9. The van der Waals surface area contributed by atoms with Gasteiger partial charge in [-0.25, -0.2) is 4.79 Å². The number of hydrogen-bond acceptors (Lipinski definition) is 11. The van der Waals surface area contributed by atoms with E-state index >= 15 is 0 Å². The minimum Gasteiger partial charge on any atom is -0.508 e. The van der Waals surface area contributed by atoms with Gasteiger partial charge in [-0.2, -0.15) is 0 Å². The molecule has 1 fully saturated rings. The molecule has 1 aliphatic heterocycles. The topological polar surface area (TPSA) is 358 Å². The third-order valence-corrected chi connectivity index (χ3v) is 9.55. The number of carboxylic acid groups (broad SMARTS) is 1. The summed E-state index contributed by atoms with van der Waals surface area (Å²) in [6.07, 6.45) is 1.68. The first kappa shape index (κ1) is 48.3. The molecule has 0 saturated carbocycles. The summed E-state index contributed by atoms with van der Waals surface area (Å²) in [7, 11) is 0. The van der Waals surface area contributed by atoms with Gasteiger partial charge in [-0.15, -0.1) is 0 Å². The van der Waals surface area contributed by atoms with E-state index in [4.69, 9.17) is 33.5 Å². The second-order valence-corrected chi connectivity index (χ2v) is 14.8. The minimum atomic E-state index is -1.28. The number of guanidine groups is 2. The molecule has 0 radical (unpaired) electrons. The van der Waals surface area contributed by atoms with Crippen LogP contribution in [0.3, 0.4) is 0 Å². The molecule has 0 spiro atoms. The molecule has 1 heterocycles. The van der Waals surface area contributed by atoms with Crippen molar-refractivity contribution in [2.24, 2.45) is 50.7 Å². The minimum absolute atomic E-state index is 0.0194. The van der Waals surface area contributed by atoms with Gasteiger partial charge in [-0.05, 0) is 66.8 Å². The molecule has 16 N–H and O–H groups in total. The summed E-state index contributed by atoms with van der Waals surface area (Å²) in [5.74, 6) is -5.52. The maximum atomic E-state index is 14.1. The van der Waals surface area contributed by atoms with Gasteiger partial charge in [-0.3, -0.25) is 29.0 Å². The van der Waals surface area contributed by atoms with Crippen molar-refractivity contribution in [3.63, 3.8) is 0 Å². The lowest BCUT2D eigenvalue weighted by atomic mass is 9.96. The van der Waals surface area contributed by atoms with E-state index < -0.39 is 77.7 Å². The van der Waals surface area contributed by atoms with Crippen molar-refractivity contribution in [2.75, 3.05) is 19.7 Å². The van der Waals surface area contributed by atoms with Gasteiger partial charge in [0.15, 0.2) is 5.96 Å². The van der Waals surface area contributed by atoms with Crippen LogP contribution in [0, 0.1) is 11.8 Å². The zero-order valence-electron chi connectivity index (χ0n) is 33.7. The largest absolute Gasteiger partial charge is 0.508 e. The Hall–Kier alpha value is -5.86. The first-order valence-corrected chi connectivity index (χ1v) is 19.4. The number of nitrogens with zero attached hydrogens (tertiary/aromatic N) is 3. The fourth-order valence-electron chi connectivity index (χ4n) is 6.24. The van der Waals surface area contributed by atoms with E-state index in [-0.39, 0.29) is 75.4 Å². The predicted molar refractivity (Wildman–Crippen MR) is 215 cm³/mol. The number of hydrogen-bond donors (Lipinski definition) is 11. The second-order valence-electron chi connectivity index (χ2n) is 14.8. The molecule has 0 unspecified atom stereocenters. The van der Waals surface area contributed by atoms with Crippen LogP contribution in [0.1, 0.15) is 78.2 Å². The fourth-order valence-corrected chi connectivity index (χ4v) is 6.24. The van der Waals surface area contributed by atoms with Gasteiger partial charge in [0.05, 0.1) is 6.04 Å². The first-order valence-electron chi connectivity index (χ1n) is 19.4. The second kappa shape index (κ2) is 24.0. The van der Waals surface area contributed by atoms with Gasteiger partial charge in [-0.1, -0.05) is 46.2 Å². The number of rotatable bonds is 24. The Labute approximate surface area is 338 Å². The number of aromatic hydroxyl groups is 1. The maximum absolute atomic E-state index is 14.1. The number of likely N-dealkylation sites (tertiary alicyclic amines) is 1. The lowest BCUT2D eigenvalue weighted by molar-refractivity contribution is -0.143. The molecule has 7 atom stereocenters. The number of oxime groups is 1. The Morgan fingerprint density at radius 3 is 2.12 bits per heavy atom. The highest BCUT2D eigenvalue weighted by molar-refractivity contribution is 5.96. The Morgan fingerprint density at radius 1 is 0.879 bits per heavy atom. The number of carboxylic acids is 1. The van der Waals surface area contributed by atoms with E-state index in [2.05, 4.69) is 31.4 Å². The fraction of sp³-hybridized carbons (Fsp3) is 0.622. The standard InChI is InChI=1S/C37H62N12O9/c1-5-21(4)29(33(54)46-27(35(56)57)18-20(2)3)47-31(52)26(19-22-10-12-23(50)13-11-22)45-32(53)28-9-7-16-49(28)34(55)25(14-17-58-48-37(41)42)44-30(51)24(38)8-6-15-43-36(39)40/h10-13,20-21,24-29,50H,5-9,14-19,38H2,1-4H3,(H,44,51)(H,45,53)(H,46,54)(H,47,52)(H,56,57)(H4,39,40,43)(H4,41,42,48)/t21-,24-,25-,26-,27-,28-,29-/m0/s1. The molecular weight excluding hydrogens is 756 g/mol. The van der Waals surface area contributed by atoms with E-state index in [1.807, 2.05) is 20.8 Å². The van der Waals surface area contributed by atoms with Crippen molar-refractivity contribution in [1.29, 1.82) is 0 Å². The first-order chi connectivity index (χ1) is 27.3. The predicted octanol–water partition coefficient (Wildman–Crippen LogP) is -1.98. The van der Waals surface area contributed by atoms with E-state index in [9.17, 15) is 39.0 Å². The lowest BCUT2D eigenvalue weighted by Gasteiger charge is -2.31. The van der Waals surface area contributed by atoms with E-state index in [0.717, 1.165) is 0 Å². The monoisotopic (exact) mass is 818 g/mol. The molecule has 58 heavy (non-hydrogen) atoms. The molecule has 0 aromatic heterocycles. The van der Waals surface area contributed by atoms with Gasteiger partial charge >= 0.3 is 5.97 Å². The zero-order valence-corrected chi connectivity index (χ0v) is 33.7. The molecule has 5 amide bonds. The Morgan fingerprint density at radius 2 is 1.53 bits per heavy atom. The van der Waals surface area contributed by atoms with Gasteiger partial charge in [0.25, 0.3) is 0 Å². The number of nitrogens with one attached hydrogen (secondary N) is 4. The quantitative estimate of drug-likeness (QED) is 0.0233. The van der Waals surface area contributed by atoms with Gasteiger partial charge in [0.2, 0.25) is 35.5 Å². The molecule has 21 heteroatoms. The van der Waals surface area contributed by atoms with E-state index in [1.165, 1.54) is 17.0 Å². The molecule has 1 aromatic carbocycles. The number of phenolic OH excluding ortho intramolecular Hbond substituents is 1. The van der Waals surface area contributed by atoms with Gasteiger partial charge in [0.1, 0.15) is 42.6 Å². The van der Waals surface area contributed by atoms with Crippen molar-refractivity contribution in [1.82, 2.24) is 26.2 Å². The van der Waals surface area contributed by atoms with Crippen LogP contribution >= 0.6 is 0 Å². The number of carbonyl (C=O) groups excluding carboxylic acids is 5. The van der Waals surface area contributed by atoms with E-state index in [0.29, 0.717) is 24.8 Å². The van der Waals surface area contributed by atoms with Crippen molar-refractivity contribution in [3.05, 3.63) is 29.8 Å². The summed E-state index contributed by atoms with van der Waals surface area (Å²) in [5, 5.41) is 33.7. The van der Waals surface area contributed by atoms with Crippen LogP contribution in [0.5, 0.6) is 5.75 Å². The number of nitrogens with two attached hydrogens (primary N) is 5. The normalized spacial score (nSPS) is 16.7. The summed E-state index contributed by atoms with van der Waals surface area (Å²) >= 11 is 0. The third-order valence-electron chi connectivity index (χ3n) is 9.55. The van der Waals surface area contributed by atoms with E-state index in [1.54, 1.807) is 19.1 Å². The van der Waals surface area contributed by atoms with Crippen LogP contribution in [0.15, 0.2) is 34.4 Å². The number of amides is 5. The summed E-state index contributed by atoms with van der Waals surface area (Å²) in [6, 6.07) is -0.942. The molecule has 21 nitrogen and oxygen atoms in total. The number of benzene rings is 1. The lowest BCUT2D eigenvalue weighted by Crippen LogP contribution is -2.60. The van der Waals surface area contributed by atoms with Crippen LogP contribution in [-0.2, 0) is 40.0 Å². The maximum Gasteiger partial charge on any atom is 0.326 e. The highest BCUT2D eigenvalue weighted by Gasteiger charge is 2.40. The van der Waals surface area contributed by atoms with Crippen LogP contribution in [-0.4, -0.2) is 118 Å². The summed E-state index contributed by atoms with van der Waals surface area (Å²) < 4.78 is 0. The van der Waals surface area contributed by atoms with Crippen molar-refractivity contribution in [2.45, 2.75) is 115 Å². The smallest absolute Gasteiger partial charge is 0.326 e. The highest BCUT2D eigenvalue weighted by Crippen LogP contribution is 2.21. The van der Waals surface area contributed by atoms with Crippen molar-refractivity contribution >= 4 is 47.4 Å². The Kier molecular flexibility index (Phi) is 20.0. The number of phenols is 1. The average Bonchev–Trinajstić information content (AvgIpc) is 3.66. The highest BCUT2D eigenvalue weighted by atomic mass is 16.6. The summed E-state index contributed by atoms with van der Waals surface area (Å²) in [5.41, 5.74) is 28.0.